The minimum atomic E-state index is -0.0942. The molecule has 1 N–H and O–H groups in total. The van der Waals surface area contributed by atoms with Gasteiger partial charge in [-0.15, -0.1) is 0 Å². The van der Waals surface area contributed by atoms with Crippen LogP contribution in [0.15, 0.2) is 12.3 Å². The van der Waals surface area contributed by atoms with Crippen LogP contribution >= 0.6 is 0 Å². The topological polar surface area (TPSA) is 58.4 Å². The zero-order valence-electron chi connectivity index (χ0n) is 10.9. The van der Waals surface area contributed by atoms with Crippen LogP contribution in [0.1, 0.15) is 49.1 Å². The molecule has 1 amide bonds. The number of carbonyl (C=O) groups is 1. The van der Waals surface area contributed by atoms with Gasteiger partial charge in [0.2, 0.25) is 0 Å². The van der Waals surface area contributed by atoms with Gasteiger partial charge in [-0.2, -0.15) is 5.10 Å². The van der Waals surface area contributed by atoms with Crippen molar-refractivity contribution in [2.45, 2.75) is 38.6 Å². The average molecular weight is 251 g/mol. The number of amides is 1. The molecule has 1 heterocycles. The molecule has 1 aliphatic carbocycles. The summed E-state index contributed by atoms with van der Waals surface area (Å²) in [5.74, 6) is -0.0942. The van der Waals surface area contributed by atoms with Crippen molar-refractivity contribution in [2.75, 3.05) is 19.7 Å². The van der Waals surface area contributed by atoms with Crippen LogP contribution in [-0.2, 0) is 0 Å². The average Bonchev–Trinajstić information content (AvgIpc) is 3.04. The normalized spacial score (nSPS) is 16.1. The Bertz CT molecular complexity index is 397. The minimum Gasteiger partial charge on any atom is -0.395 e. The van der Waals surface area contributed by atoms with Crippen LogP contribution in [0.5, 0.6) is 0 Å². The second kappa shape index (κ2) is 6.00. The van der Waals surface area contributed by atoms with Gasteiger partial charge in [0.05, 0.1) is 12.6 Å². The van der Waals surface area contributed by atoms with Crippen molar-refractivity contribution in [1.82, 2.24) is 14.7 Å². The van der Waals surface area contributed by atoms with Gasteiger partial charge >= 0.3 is 0 Å². The molecule has 1 aromatic heterocycles. The molecule has 2 rings (SSSR count). The lowest BCUT2D eigenvalue weighted by molar-refractivity contribution is 0.0725. The molecule has 0 saturated heterocycles. The van der Waals surface area contributed by atoms with E-state index in [0.717, 1.165) is 12.8 Å². The number of hydrogen-bond donors (Lipinski definition) is 1. The molecule has 0 aromatic carbocycles. The van der Waals surface area contributed by atoms with Gasteiger partial charge in [-0.1, -0.05) is 12.8 Å². The van der Waals surface area contributed by atoms with Crippen molar-refractivity contribution in [3.63, 3.8) is 0 Å². The molecule has 0 spiro atoms. The summed E-state index contributed by atoms with van der Waals surface area (Å²) in [6.07, 6.45) is 6.71. The Kier molecular flexibility index (Phi) is 4.36. The van der Waals surface area contributed by atoms with Gasteiger partial charge in [0.1, 0.15) is 5.69 Å². The SMILES string of the molecule is CCN(CCO)C(=O)c1ccn(C2CCCC2)n1. The standard InChI is InChI=1S/C13H21N3O2/c1-2-15(9-10-17)13(18)12-7-8-16(14-12)11-5-3-4-6-11/h7-8,11,17H,2-6,9-10H2,1H3. The third-order valence-corrected chi connectivity index (χ3v) is 3.57. The highest BCUT2D eigenvalue weighted by Crippen LogP contribution is 2.28. The largest absolute Gasteiger partial charge is 0.395 e. The molecular formula is C13H21N3O2. The van der Waals surface area contributed by atoms with Crippen LogP contribution in [0.4, 0.5) is 0 Å². The number of nitrogens with zero attached hydrogens (tertiary/aromatic N) is 3. The summed E-state index contributed by atoms with van der Waals surface area (Å²) in [5.41, 5.74) is 0.484. The Labute approximate surface area is 107 Å². The van der Waals surface area contributed by atoms with Gasteiger partial charge in [0.15, 0.2) is 0 Å². The number of hydrogen-bond acceptors (Lipinski definition) is 3. The minimum absolute atomic E-state index is 0.0110. The van der Waals surface area contributed by atoms with Crippen LogP contribution in [0.3, 0.4) is 0 Å². The van der Waals surface area contributed by atoms with Crippen molar-refractivity contribution in [3.05, 3.63) is 18.0 Å². The van der Waals surface area contributed by atoms with E-state index in [1.807, 2.05) is 17.8 Å². The van der Waals surface area contributed by atoms with E-state index in [1.54, 1.807) is 11.0 Å². The predicted octanol–water partition coefficient (Wildman–Crippen LogP) is 1.45. The first-order chi connectivity index (χ1) is 8.76. The Hall–Kier alpha value is -1.36. The Morgan fingerprint density at radius 1 is 1.56 bits per heavy atom. The summed E-state index contributed by atoms with van der Waals surface area (Å²) in [7, 11) is 0. The molecule has 0 atom stereocenters. The molecule has 1 aliphatic rings. The Morgan fingerprint density at radius 3 is 2.89 bits per heavy atom. The van der Waals surface area contributed by atoms with Gasteiger partial charge in [-0.3, -0.25) is 9.48 Å². The molecule has 0 unspecified atom stereocenters. The number of aromatic nitrogens is 2. The summed E-state index contributed by atoms with van der Waals surface area (Å²) in [6.45, 7) is 2.85. The number of aliphatic hydroxyl groups excluding tert-OH is 1. The molecule has 1 aromatic rings. The summed E-state index contributed by atoms with van der Waals surface area (Å²) in [5, 5.41) is 13.3. The summed E-state index contributed by atoms with van der Waals surface area (Å²) in [6, 6.07) is 2.24. The third kappa shape index (κ3) is 2.72. The third-order valence-electron chi connectivity index (χ3n) is 3.57. The van der Waals surface area contributed by atoms with E-state index in [0.29, 0.717) is 24.8 Å². The second-order valence-corrected chi connectivity index (χ2v) is 4.73. The van der Waals surface area contributed by atoms with Crippen molar-refractivity contribution in [3.8, 4) is 0 Å². The molecular weight excluding hydrogens is 230 g/mol. The van der Waals surface area contributed by atoms with Crippen LogP contribution < -0.4 is 0 Å². The maximum Gasteiger partial charge on any atom is 0.274 e. The van der Waals surface area contributed by atoms with E-state index >= 15 is 0 Å². The van der Waals surface area contributed by atoms with Crippen molar-refractivity contribution in [2.24, 2.45) is 0 Å². The summed E-state index contributed by atoms with van der Waals surface area (Å²) >= 11 is 0. The molecule has 5 nitrogen and oxygen atoms in total. The van der Waals surface area contributed by atoms with Crippen molar-refractivity contribution >= 4 is 5.91 Å². The summed E-state index contributed by atoms with van der Waals surface area (Å²) < 4.78 is 1.92. The Morgan fingerprint density at radius 2 is 2.28 bits per heavy atom. The molecule has 0 aliphatic heterocycles. The number of aliphatic hydroxyl groups is 1. The van der Waals surface area contributed by atoms with E-state index in [-0.39, 0.29) is 12.5 Å². The lowest BCUT2D eigenvalue weighted by Gasteiger charge is -2.18. The van der Waals surface area contributed by atoms with Crippen LogP contribution in [0.25, 0.3) is 0 Å². The van der Waals surface area contributed by atoms with E-state index in [9.17, 15) is 4.79 Å². The lowest BCUT2D eigenvalue weighted by atomic mass is 10.3. The maximum absolute atomic E-state index is 12.1. The zero-order chi connectivity index (χ0) is 13.0. The summed E-state index contributed by atoms with van der Waals surface area (Å²) in [4.78, 5) is 13.7. The zero-order valence-corrected chi connectivity index (χ0v) is 10.9. The van der Waals surface area contributed by atoms with Gasteiger partial charge in [0.25, 0.3) is 5.91 Å². The van der Waals surface area contributed by atoms with Gasteiger partial charge in [0, 0.05) is 19.3 Å². The number of likely N-dealkylation sites (N-methyl/N-ethyl adjacent to an activating group) is 1. The molecule has 0 bridgehead atoms. The highest BCUT2D eigenvalue weighted by molar-refractivity contribution is 5.92. The van der Waals surface area contributed by atoms with Gasteiger partial charge in [-0.25, -0.2) is 0 Å². The van der Waals surface area contributed by atoms with E-state index < -0.39 is 0 Å². The molecule has 1 fully saturated rings. The van der Waals surface area contributed by atoms with Gasteiger partial charge in [-0.05, 0) is 25.8 Å². The highest BCUT2D eigenvalue weighted by atomic mass is 16.3. The quantitative estimate of drug-likeness (QED) is 0.861. The molecule has 5 heteroatoms. The predicted molar refractivity (Wildman–Crippen MR) is 68.4 cm³/mol. The maximum atomic E-state index is 12.1. The molecule has 0 radical (unpaired) electrons. The molecule has 100 valence electrons. The smallest absolute Gasteiger partial charge is 0.274 e. The molecule has 1 saturated carbocycles. The fourth-order valence-corrected chi connectivity index (χ4v) is 2.51. The van der Waals surface area contributed by atoms with E-state index in [2.05, 4.69) is 5.10 Å². The van der Waals surface area contributed by atoms with E-state index in [4.69, 9.17) is 5.11 Å². The fourth-order valence-electron chi connectivity index (χ4n) is 2.51. The Balaban J connectivity index is 2.06. The first kappa shape index (κ1) is 13.1. The van der Waals surface area contributed by atoms with Crippen LogP contribution in [0.2, 0.25) is 0 Å². The lowest BCUT2D eigenvalue weighted by Crippen LogP contribution is -2.33. The van der Waals surface area contributed by atoms with Crippen molar-refractivity contribution < 1.29 is 9.90 Å². The first-order valence-corrected chi connectivity index (χ1v) is 6.71. The fraction of sp³-hybridized carbons (Fsp3) is 0.692. The van der Waals surface area contributed by atoms with Crippen LogP contribution in [0, 0.1) is 0 Å². The second-order valence-electron chi connectivity index (χ2n) is 4.73. The number of carbonyl (C=O) groups excluding carboxylic acids is 1. The molecule has 18 heavy (non-hydrogen) atoms. The van der Waals surface area contributed by atoms with Crippen LogP contribution in [-0.4, -0.2) is 45.4 Å². The number of rotatable bonds is 5. The van der Waals surface area contributed by atoms with Crippen molar-refractivity contribution in [1.29, 1.82) is 0 Å². The first-order valence-electron chi connectivity index (χ1n) is 6.71. The van der Waals surface area contributed by atoms with E-state index in [1.165, 1.54) is 12.8 Å². The highest BCUT2D eigenvalue weighted by Gasteiger charge is 2.21. The monoisotopic (exact) mass is 251 g/mol. The van der Waals surface area contributed by atoms with Gasteiger partial charge < -0.3 is 10.0 Å².